The molecule has 34 heavy (non-hydrogen) atoms. The van der Waals surface area contributed by atoms with Crippen molar-refractivity contribution >= 4 is 39.3 Å². The predicted octanol–water partition coefficient (Wildman–Crippen LogP) is 2.72. The van der Waals surface area contributed by atoms with Crippen LogP contribution >= 0.6 is 15.9 Å². The molecule has 0 atom stereocenters. The first-order valence-electron chi connectivity index (χ1n) is 12.1. The molecule has 1 amide bonds. The smallest absolute Gasteiger partial charge is 0.236 e. The number of rotatable bonds is 8. The van der Waals surface area contributed by atoms with Gasteiger partial charge in [-0.15, -0.1) is 0 Å². The van der Waals surface area contributed by atoms with E-state index < -0.39 is 0 Å². The summed E-state index contributed by atoms with van der Waals surface area (Å²) in [5, 5.41) is 11.5. The van der Waals surface area contributed by atoms with Gasteiger partial charge in [-0.3, -0.25) is 14.4 Å². The number of aromatic nitrogens is 4. The Morgan fingerprint density at radius 2 is 1.94 bits per heavy atom. The molecule has 2 saturated heterocycles. The first-order valence-corrected chi connectivity index (χ1v) is 12.9. The van der Waals surface area contributed by atoms with Crippen molar-refractivity contribution in [1.82, 2.24) is 34.4 Å². The number of nitrogens with one attached hydrogen (secondary N) is 2. The molecule has 0 unspecified atom stereocenters. The van der Waals surface area contributed by atoms with Gasteiger partial charge in [0.1, 0.15) is 5.82 Å². The van der Waals surface area contributed by atoms with Gasteiger partial charge in [-0.05, 0) is 75.7 Å². The third-order valence-corrected chi connectivity index (χ3v) is 7.17. The number of anilines is 3. The van der Waals surface area contributed by atoms with Crippen molar-refractivity contribution in [1.29, 1.82) is 0 Å². The molecule has 2 aliphatic heterocycles. The zero-order valence-electron chi connectivity index (χ0n) is 20.4. The number of likely N-dealkylation sites (tertiary alicyclic amines) is 1. The van der Waals surface area contributed by atoms with Gasteiger partial charge in [-0.25, -0.2) is 4.98 Å². The van der Waals surface area contributed by atoms with E-state index in [4.69, 9.17) is 5.10 Å². The van der Waals surface area contributed by atoms with E-state index in [1.165, 1.54) is 0 Å². The van der Waals surface area contributed by atoms with Crippen LogP contribution in [0, 0.1) is 6.92 Å². The number of amides is 1. The Bertz CT molecular complexity index is 973. The van der Waals surface area contributed by atoms with Crippen molar-refractivity contribution in [2.45, 2.75) is 38.6 Å². The Labute approximate surface area is 210 Å². The van der Waals surface area contributed by atoms with Crippen LogP contribution in [-0.4, -0.2) is 100 Å². The topological polar surface area (TPSA) is 94.5 Å². The Morgan fingerprint density at radius 3 is 2.74 bits per heavy atom. The molecule has 4 heterocycles. The van der Waals surface area contributed by atoms with Gasteiger partial charge in [-0.2, -0.15) is 10.1 Å². The lowest BCUT2D eigenvalue weighted by Crippen LogP contribution is -2.36. The minimum absolute atomic E-state index is 0.214. The van der Waals surface area contributed by atoms with Crippen LogP contribution in [0.3, 0.4) is 0 Å². The number of carbonyl (C=O) groups is 1. The summed E-state index contributed by atoms with van der Waals surface area (Å²) in [6.45, 7) is 7.99. The van der Waals surface area contributed by atoms with Crippen LogP contribution < -0.4 is 10.6 Å². The molecule has 2 N–H and O–H groups in total. The highest BCUT2D eigenvalue weighted by atomic mass is 79.9. The lowest BCUT2D eigenvalue weighted by Gasteiger charge is -2.28. The summed E-state index contributed by atoms with van der Waals surface area (Å²) in [6, 6.07) is 0.435. The van der Waals surface area contributed by atoms with Crippen molar-refractivity contribution in [2.75, 3.05) is 70.5 Å². The van der Waals surface area contributed by atoms with Crippen LogP contribution in [-0.2, 0) is 4.79 Å². The minimum atomic E-state index is 0.214. The molecule has 186 valence electrons. The van der Waals surface area contributed by atoms with E-state index in [1.807, 2.05) is 18.9 Å². The van der Waals surface area contributed by atoms with Gasteiger partial charge in [-0.1, -0.05) is 0 Å². The summed E-state index contributed by atoms with van der Waals surface area (Å²) in [5.41, 5.74) is 1.87. The van der Waals surface area contributed by atoms with Crippen LogP contribution in [0.25, 0.3) is 0 Å². The van der Waals surface area contributed by atoms with Crippen LogP contribution in [0.2, 0.25) is 0 Å². The second-order valence-electron chi connectivity index (χ2n) is 9.41. The number of hydrogen-bond acceptors (Lipinski definition) is 8. The highest BCUT2D eigenvalue weighted by Gasteiger charge is 2.21. The van der Waals surface area contributed by atoms with Crippen LogP contribution in [0.15, 0.2) is 16.9 Å². The standard InChI is InChI=1S/C23H36BrN9O/c1-17-20(15-33(29-17)18-6-12-30(2)13-7-18)27-23-26-14-19(24)22(28-23)25-8-4-10-32-11-5-9-31(3)16-21(32)34/h14-15,18H,4-13,16H2,1-3H3,(H2,25,26,27,28). The van der Waals surface area contributed by atoms with Gasteiger partial charge in [0, 0.05) is 38.6 Å². The van der Waals surface area contributed by atoms with Crippen LogP contribution in [0.1, 0.15) is 37.4 Å². The van der Waals surface area contributed by atoms with Gasteiger partial charge in [0.2, 0.25) is 11.9 Å². The number of likely N-dealkylation sites (N-methyl/N-ethyl adjacent to an activating group) is 1. The molecule has 0 saturated carbocycles. The SMILES string of the molecule is Cc1nn(C2CCN(C)CC2)cc1Nc1ncc(Br)c(NCCCN2CCCN(C)CC2=O)n1. The summed E-state index contributed by atoms with van der Waals surface area (Å²) in [7, 11) is 4.17. The summed E-state index contributed by atoms with van der Waals surface area (Å²) in [5.74, 6) is 1.48. The molecule has 10 nitrogen and oxygen atoms in total. The van der Waals surface area contributed by atoms with E-state index in [0.29, 0.717) is 18.5 Å². The molecule has 0 spiro atoms. The summed E-state index contributed by atoms with van der Waals surface area (Å²) in [6.07, 6.45) is 7.92. The fraction of sp³-hybridized carbons (Fsp3) is 0.652. The monoisotopic (exact) mass is 533 g/mol. The normalized spacial score (nSPS) is 18.8. The number of carbonyl (C=O) groups excluding carboxylic acids is 1. The molecule has 11 heteroatoms. The molecule has 2 aliphatic rings. The Hall–Kier alpha value is -2.24. The average molecular weight is 535 g/mol. The highest BCUT2D eigenvalue weighted by Crippen LogP contribution is 2.26. The number of hydrogen-bond donors (Lipinski definition) is 2. The average Bonchev–Trinajstić information content (AvgIpc) is 3.08. The van der Waals surface area contributed by atoms with Gasteiger partial charge in [0.05, 0.1) is 28.4 Å². The number of halogens is 1. The lowest BCUT2D eigenvalue weighted by molar-refractivity contribution is -0.130. The third-order valence-electron chi connectivity index (χ3n) is 6.59. The van der Waals surface area contributed by atoms with Crippen molar-refractivity contribution in [3.63, 3.8) is 0 Å². The maximum atomic E-state index is 12.3. The molecule has 0 radical (unpaired) electrons. The summed E-state index contributed by atoms with van der Waals surface area (Å²) >= 11 is 3.54. The van der Waals surface area contributed by atoms with E-state index in [1.54, 1.807) is 6.20 Å². The second kappa shape index (κ2) is 11.5. The zero-order valence-corrected chi connectivity index (χ0v) is 22.0. The van der Waals surface area contributed by atoms with Gasteiger partial charge >= 0.3 is 0 Å². The van der Waals surface area contributed by atoms with E-state index in [0.717, 1.165) is 86.6 Å². The molecule has 0 aromatic carbocycles. The van der Waals surface area contributed by atoms with Crippen LogP contribution in [0.5, 0.6) is 0 Å². The van der Waals surface area contributed by atoms with Gasteiger partial charge in [0.15, 0.2) is 0 Å². The highest BCUT2D eigenvalue weighted by molar-refractivity contribution is 9.10. The quantitative estimate of drug-likeness (QED) is 0.500. The van der Waals surface area contributed by atoms with Gasteiger partial charge < -0.3 is 20.4 Å². The Balaban J connectivity index is 1.31. The van der Waals surface area contributed by atoms with Crippen LogP contribution in [0.4, 0.5) is 17.5 Å². The van der Waals surface area contributed by atoms with Crippen molar-refractivity contribution < 1.29 is 4.79 Å². The maximum Gasteiger partial charge on any atom is 0.236 e. The number of piperidine rings is 1. The van der Waals surface area contributed by atoms with Crippen molar-refractivity contribution in [3.8, 4) is 0 Å². The molecule has 0 bridgehead atoms. The largest absolute Gasteiger partial charge is 0.369 e. The van der Waals surface area contributed by atoms with Crippen molar-refractivity contribution in [2.24, 2.45) is 0 Å². The molecule has 2 fully saturated rings. The van der Waals surface area contributed by atoms with E-state index >= 15 is 0 Å². The molecule has 4 rings (SSSR count). The number of aryl methyl sites for hydroxylation is 1. The van der Waals surface area contributed by atoms with E-state index in [9.17, 15) is 4.79 Å². The van der Waals surface area contributed by atoms with E-state index in [-0.39, 0.29) is 5.91 Å². The molecule has 2 aromatic heterocycles. The zero-order chi connectivity index (χ0) is 24.1. The van der Waals surface area contributed by atoms with E-state index in [2.05, 4.69) is 64.3 Å². The van der Waals surface area contributed by atoms with Crippen molar-refractivity contribution in [3.05, 3.63) is 22.6 Å². The fourth-order valence-electron chi connectivity index (χ4n) is 4.50. The predicted molar refractivity (Wildman–Crippen MR) is 138 cm³/mol. The third kappa shape index (κ3) is 6.45. The first-order chi connectivity index (χ1) is 16.4. The summed E-state index contributed by atoms with van der Waals surface area (Å²) < 4.78 is 2.90. The maximum absolute atomic E-state index is 12.3. The second-order valence-corrected chi connectivity index (χ2v) is 10.3. The molecular formula is C23H36BrN9O. The van der Waals surface area contributed by atoms with Gasteiger partial charge in [0.25, 0.3) is 0 Å². The minimum Gasteiger partial charge on any atom is -0.369 e. The lowest BCUT2D eigenvalue weighted by atomic mass is 10.1. The fourth-order valence-corrected chi connectivity index (χ4v) is 4.83. The molecule has 0 aliphatic carbocycles. The summed E-state index contributed by atoms with van der Waals surface area (Å²) in [4.78, 5) is 27.8. The Morgan fingerprint density at radius 1 is 1.15 bits per heavy atom. The molecular weight excluding hydrogens is 498 g/mol. The number of nitrogens with zero attached hydrogens (tertiary/aromatic N) is 7. The Kier molecular flexibility index (Phi) is 8.38. The molecule has 2 aromatic rings. The first kappa shape index (κ1) is 24.9.